The summed E-state index contributed by atoms with van der Waals surface area (Å²) >= 11 is 5.13. The summed E-state index contributed by atoms with van der Waals surface area (Å²) < 4.78 is 2.30. The first kappa shape index (κ1) is 10.0. The Morgan fingerprint density at radius 3 is 2.93 bits per heavy atom. The lowest BCUT2D eigenvalue weighted by Gasteiger charge is -2.10. The molecule has 0 aliphatic carbocycles. The third-order valence-corrected chi connectivity index (χ3v) is 2.53. The molecule has 0 saturated carbocycles. The molecule has 2 aromatic heterocycles. The second-order valence-corrected chi connectivity index (χ2v) is 3.99. The smallest absolute Gasteiger partial charge is 0.201 e. The first-order valence-corrected chi connectivity index (χ1v) is 5.11. The number of fused-ring (bicyclic) bond motifs is 1. The van der Waals surface area contributed by atoms with Crippen molar-refractivity contribution in [3.05, 3.63) is 33.5 Å². The maximum atomic E-state index is 11.6. The van der Waals surface area contributed by atoms with E-state index in [9.17, 15) is 4.79 Å². The number of hydrogen-bond donors (Lipinski definition) is 1. The van der Waals surface area contributed by atoms with E-state index in [0.29, 0.717) is 15.8 Å². The summed E-state index contributed by atoms with van der Waals surface area (Å²) in [6.07, 6.45) is 3.33. The Morgan fingerprint density at radius 2 is 2.27 bits per heavy atom. The van der Waals surface area contributed by atoms with Gasteiger partial charge in [0.2, 0.25) is 4.77 Å². The fourth-order valence-corrected chi connectivity index (χ4v) is 1.77. The molecule has 0 unspecified atom stereocenters. The lowest BCUT2D eigenvalue weighted by atomic mass is 10.3. The van der Waals surface area contributed by atoms with Gasteiger partial charge in [-0.25, -0.2) is 4.98 Å². The van der Waals surface area contributed by atoms with E-state index in [0.717, 1.165) is 0 Å². The SMILES string of the molecule is CC(C)n1cc2c(=O)cc[nH]c2nc1=S. The van der Waals surface area contributed by atoms with E-state index in [4.69, 9.17) is 12.2 Å². The van der Waals surface area contributed by atoms with Crippen molar-refractivity contribution in [3.8, 4) is 0 Å². The van der Waals surface area contributed by atoms with Gasteiger partial charge in [0.15, 0.2) is 5.43 Å². The molecule has 5 heteroatoms. The van der Waals surface area contributed by atoms with Gasteiger partial charge in [0, 0.05) is 24.5 Å². The van der Waals surface area contributed by atoms with Crippen LogP contribution in [0.4, 0.5) is 0 Å². The highest BCUT2D eigenvalue weighted by Gasteiger charge is 2.04. The maximum absolute atomic E-state index is 11.6. The molecule has 0 bridgehead atoms. The van der Waals surface area contributed by atoms with Gasteiger partial charge in [-0.05, 0) is 26.1 Å². The highest BCUT2D eigenvalue weighted by molar-refractivity contribution is 7.71. The second kappa shape index (κ2) is 3.58. The van der Waals surface area contributed by atoms with Crippen LogP contribution < -0.4 is 5.43 Å². The highest BCUT2D eigenvalue weighted by Crippen LogP contribution is 2.09. The van der Waals surface area contributed by atoms with Gasteiger partial charge < -0.3 is 9.55 Å². The monoisotopic (exact) mass is 221 g/mol. The van der Waals surface area contributed by atoms with Gasteiger partial charge in [0.25, 0.3) is 0 Å². The Kier molecular flexibility index (Phi) is 2.40. The van der Waals surface area contributed by atoms with Gasteiger partial charge in [-0.1, -0.05) is 0 Å². The summed E-state index contributed by atoms with van der Waals surface area (Å²) in [7, 11) is 0. The molecule has 0 saturated heterocycles. The standard InChI is InChI=1S/C10H11N3OS/c1-6(2)13-5-7-8(14)3-4-11-9(7)12-10(13)15/h3-6H,1-2H3,(H,11,12,15). The molecule has 1 N–H and O–H groups in total. The van der Waals surface area contributed by atoms with E-state index in [1.807, 2.05) is 18.4 Å². The van der Waals surface area contributed by atoms with E-state index in [1.165, 1.54) is 6.07 Å². The zero-order valence-corrected chi connectivity index (χ0v) is 9.34. The molecule has 2 rings (SSSR count). The van der Waals surface area contributed by atoms with E-state index >= 15 is 0 Å². The van der Waals surface area contributed by atoms with Crippen LogP contribution in [0.1, 0.15) is 19.9 Å². The van der Waals surface area contributed by atoms with Crippen LogP contribution >= 0.6 is 12.2 Å². The van der Waals surface area contributed by atoms with Crippen molar-refractivity contribution in [3.63, 3.8) is 0 Å². The van der Waals surface area contributed by atoms with Crippen molar-refractivity contribution < 1.29 is 0 Å². The summed E-state index contributed by atoms with van der Waals surface area (Å²) in [4.78, 5) is 18.6. The molecule has 0 aliphatic heterocycles. The predicted octanol–water partition coefficient (Wildman–Crippen LogP) is 2.03. The molecule has 0 radical (unpaired) electrons. The van der Waals surface area contributed by atoms with E-state index in [1.54, 1.807) is 12.4 Å². The van der Waals surface area contributed by atoms with Crippen LogP contribution in [0, 0.1) is 4.77 Å². The van der Waals surface area contributed by atoms with Crippen LogP contribution in [0.3, 0.4) is 0 Å². The van der Waals surface area contributed by atoms with Crippen molar-refractivity contribution in [2.24, 2.45) is 0 Å². The summed E-state index contributed by atoms with van der Waals surface area (Å²) in [5.41, 5.74) is 0.505. The van der Waals surface area contributed by atoms with Gasteiger partial charge in [0.1, 0.15) is 5.65 Å². The van der Waals surface area contributed by atoms with Crippen LogP contribution in [0.25, 0.3) is 11.0 Å². The predicted molar refractivity (Wildman–Crippen MR) is 61.6 cm³/mol. The zero-order valence-electron chi connectivity index (χ0n) is 8.52. The average molecular weight is 221 g/mol. The number of rotatable bonds is 1. The number of hydrogen-bond acceptors (Lipinski definition) is 3. The maximum Gasteiger partial charge on any atom is 0.201 e. The minimum Gasteiger partial charge on any atom is -0.346 e. The Balaban J connectivity index is 2.90. The quantitative estimate of drug-likeness (QED) is 0.750. The summed E-state index contributed by atoms with van der Waals surface area (Å²) in [6, 6.07) is 1.69. The van der Waals surface area contributed by atoms with Crippen LogP contribution in [-0.2, 0) is 0 Å². The van der Waals surface area contributed by atoms with Crippen molar-refractivity contribution in [2.75, 3.05) is 0 Å². The number of aromatic nitrogens is 3. The minimum absolute atomic E-state index is 0.0411. The molecule has 78 valence electrons. The molecule has 0 atom stereocenters. The van der Waals surface area contributed by atoms with Crippen molar-refractivity contribution >= 4 is 23.3 Å². The van der Waals surface area contributed by atoms with Crippen LogP contribution in [0.5, 0.6) is 0 Å². The third kappa shape index (κ3) is 1.70. The number of nitrogens with one attached hydrogen (secondary N) is 1. The summed E-state index contributed by atoms with van der Waals surface area (Å²) in [6.45, 7) is 4.00. The number of pyridine rings is 1. The Bertz CT molecular complexity index is 612. The topological polar surface area (TPSA) is 50.7 Å². The van der Waals surface area contributed by atoms with Gasteiger partial charge in [-0.2, -0.15) is 0 Å². The molecule has 0 fully saturated rings. The highest BCUT2D eigenvalue weighted by atomic mass is 32.1. The molecular weight excluding hydrogens is 210 g/mol. The molecule has 0 amide bonds. The molecule has 0 aromatic carbocycles. The van der Waals surface area contributed by atoms with Crippen LogP contribution in [-0.4, -0.2) is 14.5 Å². The number of aromatic amines is 1. The first-order valence-electron chi connectivity index (χ1n) is 4.70. The summed E-state index contributed by atoms with van der Waals surface area (Å²) in [5, 5.41) is 0.569. The van der Waals surface area contributed by atoms with Gasteiger partial charge in [-0.3, -0.25) is 4.79 Å². The molecule has 2 heterocycles. The van der Waals surface area contributed by atoms with Gasteiger partial charge in [0.05, 0.1) is 5.39 Å². The van der Waals surface area contributed by atoms with Crippen molar-refractivity contribution in [2.45, 2.75) is 19.9 Å². The molecule has 15 heavy (non-hydrogen) atoms. The number of nitrogens with zero attached hydrogens (tertiary/aromatic N) is 2. The van der Waals surface area contributed by atoms with Crippen molar-refractivity contribution in [1.29, 1.82) is 0 Å². The minimum atomic E-state index is -0.0411. The van der Waals surface area contributed by atoms with E-state index in [-0.39, 0.29) is 11.5 Å². The largest absolute Gasteiger partial charge is 0.346 e. The molecule has 0 spiro atoms. The first-order chi connectivity index (χ1) is 7.09. The second-order valence-electron chi connectivity index (χ2n) is 3.63. The molecule has 0 aliphatic rings. The summed E-state index contributed by atoms with van der Waals surface area (Å²) in [5.74, 6) is 0. The third-order valence-electron chi connectivity index (χ3n) is 2.23. The van der Waals surface area contributed by atoms with E-state index < -0.39 is 0 Å². The molecule has 2 aromatic rings. The lowest BCUT2D eigenvalue weighted by Crippen LogP contribution is -2.09. The fourth-order valence-electron chi connectivity index (χ4n) is 1.42. The molecule has 4 nitrogen and oxygen atoms in total. The Hall–Kier alpha value is -1.49. The van der Waals surface area contributed by atoms with Crippen LogP contribution in [0.15, 0.2) is 23.3 Å². The Labute approximate surface area is 91.6 Å². The lowest BCUT2D eigenvalue weighted by molar-refractivity contribution is 0.581. The zero-order chi connectivity index (χ0) is 11.0. The van der Waals surface area contributed by atoms with Crippen LogP contribution in [0.2, 0.25) is 0 Å². The number of H-pyrrole nitrogens is 1. The Morgan fingerprint density at radius 1 is 1.53 bits per heavy atom. The normalized spacial score (nSPS) is 11.1. The van der Waals surface area contributed by atoms with Crippen molar-refractivity contribution in [1.82, 2.24) is 14.5 Å². The van der Waals surface area contributed by atoms with Gasteiger partial charge in [-0.15, -0.1) is 0 Å². The van der Waals surface area contributed by atoms with E-state index in [2.05, 4.69) is 9.97 Å². The molecular formula is C10H11N3OS. The fraction of sp³-hybridized carbons (Fsp3) is 0.300. The van der Waals surface area contributed by atoms with Gasteiger partial charge >= 0.3 is 0 Å². The average Bonchev–Trinajstić information content (AvgIpc) is 2.16.